The van der Waals surface area contributed by atoms with Crippen molar-refractivity contribution in [2.45, 2.75) is 25.7 Å². The van der Waals surface area contributed by atoms with Crippen LogP contribution in [0.3, 0.4) is 0 Å². The predicted octanol–water partition coefficient (Wildman–Crippen LogP) is 3.35. The third-order valence-corrected chi connectivity index (χ3v) is 4.72. The fourth-order valence-electron chi connectivity index (χ4n) is 3.24. The van der Waals surface area contributed by atoms with Gasteiger partial charge in [-0.1, -0.05) is 12.1 Å². The fourth-order valence-corrected chi connectivity index (χ4v) is 3.24. The van der Waals surface area contributed by atoms with Crippen LogP contribution < -0.4 is 10.5 Å². The van der Waals surface area contributed by atoms with Gasteiger partial charge < -0.3 is 19.9 Å². The van der Waals surface area contributed by atoms with Crippen molar-refractivity contribution >= 4 is 11.6 Å². The van der Waals surface area contributed by atoms with Crippen molar-refractivity contribution in [3.8, 4) is 11.4 Å². The van der Waals surface area contributed by atoms with E-state index in [0.29, 0.717) is 30.2 Å². The molecule has 0 amide bonds. The van der Waals surface area contributed by atoms with Crippen LogP contribution in [0.2, 0.25) is 0 Å². The molecule has 1 aliphatic heterocycles. The van der Waals surface area contributed by atoms with Gasteiger partial charge in [-0.25, -0.2) is 9.07 Å². The van der Waals surface area contributed by atoms with Crippen molar-refractivity contribution in [3.05, 3.63) is 71.7 Å². The Balaban J connectivity index is 1.49. The van der Waals surface area contributed by atoms with Crippen molar-refractivity contribution in [2.75, 3.05) is 18.9 Å². The Morgan fingerprint density at radius 1 is 1.30 bits per heavy atom. The number of carbonyl (C=O) groups excluding carboxylic acids is 1. The molecule has 7 nitrogen and oxygen atoms in total. The molecule has 156 valence electrons. The van der Waals surface area contributed by atoms with Crippen molar-refractivity contribution in [1.82, 2.24) is 9.78 Å². The molecular weight excluding hydrogens is 389 g/mol. The number of rotatable bonds is 6. The number of nitrogens with zero attached hydrogens (tertiary/aromatic N) is 2. The minimum atomic E-state index is -0.617. The summed E-state index contributed by atoms with van der Waals surface area (Å²) in [6, 6.07) is 12.5. The summed E-state index contributed by atoms with van der Waals surface area (Å²) in [4.78, 5) is 13.0. The Hall–Kier alpha value is -3.23. The van der Waals surface area contributed by atoms with Crippen LogP contribution in [0.15, 0.2) is 54.7 Å². The molecule has 2 aromatic carbocycles. The Labute approximate surface area is 173 Å². The number of hydrogen-bond acceptors (Lipinski definition) is 6. The molecule has 0 radical (unpaired) electrons. The Bertz CT molecular complexity index is 1060. The zero-order chi connectivity index (χ0) is 21.3. The summed E-state index contributed by atoms with van der Waals surface area (Å²) in [6.07, 6.45) is 1.23. The lowest BCUT2D eigenvalue weighted by atomic mass is 10.1. The average molecular weight is 411 g/mol. The Kier molecular flexibility index (Phi) is 5.27. The maximum Gasteiger partial charge on any atom is 0.198 e. The largest absolute Gasteiger partial charge is 0.491 e. The molecule has 4 rings (SSSR count). The van der Waals surface area contributed by atoms with Crippen molar-refractivity contribution in [3.63, 3.8) is 0 Å². The van der Waals surface area contributed by atoms with Crippen LogP contribution in [0.5, 0.6) is 5.75 Å². The van der Waals surface area contributed by atoms with Gasteiger partial charge in [0.2, 0.25) is 0 Å². The van der Waals surface area contributed by atoms with Gasteiger partial charge in [0.05, 0.1) is 24.1 Å². The second kappa shape index (κ2) is 7.89. The number of hydrogen-bond donors (Lipinski definition) is 1. The van der Waals surface area contributed by atoms with E-state index in [9.17, 15) is 9.18 Å². The number of benzene rings is 2. The van der Waals surface area contributed by atoms with E-state index in [2.05, 4.69) is 5.10 Å². The number of aromatic nitrogens is 2. The van der Waals surface area contributed by atoms with Crippen LogP contribution in [0, 0.1) is 5.82 Å². The minimum Gasteiger partial charge on any atom is -0.491 e. The molecule has 0 bridgehead atoms. The van der Waals surface area contributed by atoms with Gasteiger partial charge in [-0.3, -0.25) is 4.79 Å². The monoisotopic (exact) mass is 411 g/mol. The van der Waals surface area contributed by atoms with Crippen LogP contribution in [0.25, 0.3) is 5.69 Å². The number of carbonyl (C=O) groups is 1. The van der Waals surface area contributed by atoms with E-state index in [1.165, 1.54) is 35.1 Å². The van der Waals surface area contributed by atoms with Gasteiger partial charge in [0.15, 0.2) is 11.6 Å². The first-order valence-electron chi connectivity index (χ1n) is 9.51. The number of halogens is 1. The standard InChI is InChI=1S/C22H22FN3O4/c1-22(2)29-13-18(30-22)12-28-17-5-3-4-14(10-17)20(27)19-11-25-26(21(19)24)16-8-6-15(23)7-9-16/h3-11,18H,12-13,24H2,1-2H3/t18-/m0/s1. The Morgan fingerprint density at radius 2 is 2.07 bits per heavy atom. The van der Waals surface area contributed by atoms with Gasteiger partial charge in [-0.15, -0.1) is 0 Å². The molecule has 0 spiro atoms. The van der Waals surface area contributed by atoms with Gasteiger partial charge in [-0.05, 0) is 50.2 Å². The highest BCUT2D eigenvalue weighted by molar-refractivity contribution is 6.11. The highest BCUT2D eigenvalue weighted by Gasteiger charge is 2.33. The van der Waals surface area contributed by atoms with Gasteiger partial charge in [0.25, 0.3) is 0 Å². The fraction of sp³-hybridized carbons (Fsp3) is 0.273. The third-order valence-electron chi connectivity index (χ3n) is 4.72. The molecule has 8 heteroatoms. The zero-order valence-electron chi connectivity index (χ0n) is 16.7. The lowest BCUT2D eigenvalue weighted by molar-refractivity contribution is -0.141. The Morgan fingerprint density at radius 3 is 2.77 bits per heavy atom. The molecule has 1 aromatic heterocycles. The predicted molar refractivity (Wildman–Crippen MR) is 108 cm³/mol. The van der Waals surface area contributed by atoms with Gasteiger partial charge in [0.1, 0.15) is 30.1 Å². The first-order chi connectivity index (χ1) is 14.3. The SMILES string of the molecule is CC1(C)OC[C@H](COc2cccc(C(=O)c3cnn(-c4ccc(F)cc4)c3N)c2)O1. The van der Waals surface area contributed by atoms with Crippen molar-refractivity contribution < 1.29 is 23.4 Å². The molecule has 0 aliphatic carbocycles. The van der Waals surface area contributed by atoms with E-state index < -0.39 is 5.79 Å². The van der Waals surface area contributed by atoms with Crippen molar-refractivity contribution in [1.29, 1.82) is 0 Å². The second-order valence-corrected chi connectivity index (χ2v) is 7.45. The summed E-state index contributed by atoms with van der Waals surface area (Å²) in [5.41, 5.74) is 7.38. The molecule has 2 N–H and O–H groups in total. The maximum absolute atomic E-state index is 13.2. The first-order valence-corrected chi connectivity index (χ1v) is 9.51. The van der Waals surface area contributed by atoms with E-state index >= 15 is 0 Å². The van der Waals surface area contributed by atoms with Crippen LogP contribution in [-0.4, -0.2) is 40.7 Å². The summed E-state index contributed by atoms with van der Waals surface area (Å²) in [5, 5.41) is 4.17. The van der Waals surface area contributed by atoms with E-state index in [4.69, 9.17) is 19.9 Å². The summed E-state index contributed by atoms with van der Waals surface area (Å²) >= 11 is 0. The van der Waals surface area contributed by atoms with Crippen molar-refractivity contribution in [2.24, 2.45) is 0 Å². The van der Waals surface area contributed by atoms with Crippen LogP contribution in [0.4, 0.5) is 10.2 Å². The molecule has 1 atom stereocenters. The van der Waals surface area contributed by atoms with Crippen LogP contribution >= 0.6 is 0 Å². The van der Waals surface area contributed by atoms with E-state index in [1.54, 1.807) is 24.3 Å². The van der Waals surface area contributed by atoms with Crippen LogP contribution in [-0.2, 0) is 9.47 Å². The lowest BCUT2D eigenvalue weighted by Gasteiger charge is -2.17. The van der Waals surface area contributed by atoms with Gasteiger partial charge >= 0.3 is 0 Å². The van der Waals surface area contributed by atoms with E-state index in [-0.39, 0.29) is 29.1 Å². The summed E-state index contributed by atoms with van der Waals surface area (Å²) in [7, 11) is 0. The van der Waals surface area contributed by atoms with E-state index in [0.717, 1.165) is 0 Å². The normalized spacial score (nSPS) is 17.8. The van der Waals surface area contributed by atoms with Gasteiger partial charge in [0, 0.05) is 5.56 Å². The first kappa shape index (κ1) is 20.1. The topological polar surface area (TPSA) is 88.6 Å². The molecule has 0 saturated carbocycles. The lowest BCUT2D eigenvalue weighted by Crippen LogP contribution is -2.25. The highest BCUT2D eigenvalue weighted by atomic mass is 19.1. The molecule has 2 heterocycles. The molecule has 1 aliphatic rings. The average Bonchev–Trinajstić information content (AvgIpc) is 3.28. The highest BCUT2D eigenvalue weighted by Crippen LogP contribution is 2.25. The number of ketones is 1. The van der Waals surface area contributed by atoms with Crippen LogP contribution in [0.1, 0.15) is 29.8 Å². The molecule has 0 unspecified atom stereocenters. The quantitative estimate of drug-likeness (QED) is 0.626. The number of anilines is 1. The zero-order valence-corrected chi connectivity index (χ0v) is 16.7. The molecule has 3 aromatic rings. The molecular formula is C22H22FN3O4. The summed E-state index contributed by atoms with van der Waals surface area (Å²) < 4.78 is 31.6. The van der Waals surface area contributed by atoms with E-state index in [1.807, 2.05) is 13.8 Å². The maximum atomic E-state index is 13.2. The summed E-state index contributed by atoms with van der Waals surface area (Å²) in [6.45, 7) is 4.46. The molecule has 1 saturated heterocycles. The number of ether oxygens (including phenoxy) is 3. The van der Waals surface area contributed by atoms with Gasteiger partial charge in [-0.2, -0.15) is 5.10 Å². The second-order valence-electron chi connectivity index (χ2n) is 7.45. The summed E-state index contributed by atoms with van der Waals surface area (Å²) in [5.74, 6) is -0.549. The molecule has 30 heavy (non-hydrogen) atoms. The number of nitrogen functional groups attached to an aromatic ring is 1. The smallest absolute Gasteiger partial charge is 0.198 e. The minimum absolute atomic E-state index is 0.177. The third kappa shape index (κ3) is 4.19. The molecule has 1 fully saturated rings. The number of nitrogens with two attached hydrogens (primary N) is 1.